The molecule has 1 aliphatic heterocycles. The Morgan fingerprint density at radius 2 is 1.95 bits per heavy atom. The van der Waals surface area contributed by atoms with E-state index in [9.17, 15) is 8.78 Å². The molecule has 2 rings (SSSR count). The molecule has 0 aliphatic carbocycles. The van der Waals surface area contributed by atoms with Gasteiger partial charge in [0.2, 0.25) is 0 Å². The van der Waals surface area contributed by atoms with Gasteiger partial charge in [-0.15, -0.1) is 12.4 Å². The van der Waals surface area contributed by atoms with Crippen molar-refractivity contribution in [1.29, 1.82) is 0 Å². The lowest BCUT2D eigenvalue weighted by Gasteiger charge is -2.35. The number of piperazine rings is 1. The van der Waals surface area contributed by atoms with E-state index in [1.54, 1.807) is 0 Å². The first-order chi connectivity index (χ1) is 9.15. The van der Waals surface area contributed by atoms with Gasteiger partial charge in [0.15, 0.2) is 0 Å². The highest BCUT2D eigenvalue weighted by molar-refractivity contribution is 6.30. The molecule has 1 atom stereocenters. The van der Waals surface area contributed by atoms with Crippen molar-refractivity contribution >= 4 is 24.0 Å². The van der Waals surface area contributed by atoms with Crippen LogP contribution in [-0.2, 0) is 0 Å². The number of rotatable bonds is 4. The van der Waals surface area contributed by atoms with Gasteiger partial charge in [-0.25, -0.2) is 8.78 Å². The standard InChI is InChI=1S/C14H19ClF2N2.ClH/c1-2-3-12(19-8-6-18-7-9-19)13-11(16)5-4-10(15)14(13)17;/h4-5,12,18H,2-3,6-9H2,1H3;1H/t12-;/m0./s1. The maximum Gasteiger partial charge on any atom is 0.149 e. The Morgan fingerprint density at radius 1 is 1.30 bits per heavy atom. The molecule has 1 aromatic rings. The van der Waals surface area contributed by atoms with Gasteiger partial charge in [0, 0.05) is 37.8 Å². The summed E-state index contributed by atoms with van der Waals surface area (Å²) in [5.41, 5.74) is 0.122. The number of hydrogen-bond donors (Lipinski definition) is 1. The molecule has 1 fully saturated rings. The minimum atomic E-state index is -0.612. The molecule has 0 aromatic heterocycles. The summed E-state index contributed by atoms with van der Waals surface area (Å²) in [6, 6.07) is 2.30. The summed E-state index contributed by atoms with van der Waals surface area (Å²) >= 11 is 5.80. The van der Waals surface area contributed by atoms with E-state index >= 15 is 0 Å². The molecule has 20 heavy (non-hydrogen) atoms. The lowest BCUT2D eigenvalue weighted by Crippen LogP contribution is -2.45. The number of nitrogens with one attached hydrogen (secondary N) is 1. The van der Waals surface area contributed by atoms with Crippen LogP contribution in [0.15, 0.2) is 12.1 Å². The molecule has 0 radical (unpaired) electrons. The Morgan fingerprint density at radius 3 is 2.55 bits per heavy atom. The Labute approximate surface area is 129 Å². The van der Waals surface area contributed by atoms with Gasteiger partial charge in [0.25, 0.3) is 0 Å². The molecular formula is C14H20Cl2F2N2. The van der Waals surface area contributed by atoms with Gasteiger partial charge in [-0.05, 0) is 18.6 Å². The quantitative estimate of drug-likeness (QED) is 0.848. The van der Waals surface area contributed by atoms with Gasteiger partial charge >= 0.3 is 0 Å². The van der Waals surface area contributed by atoms with Crippen molar-refractivity contribution in [3.8, 4) is 0 Å². The van der Waals surface area contributed by atoms with Crippen LogP contribution in [0.4, 0.5) is 8.78 Å². The van der Waals surface area contributed by atoms with E-state index in [0.29, 0.717) is 0 Å². The topological polar surface area (TPSA) is 15.3 Å². The third-order valence-corrected chi connectivity index (χ3v) is 3.86. The monoisotopic (exact) mass is 324 g/mol. The van der Waals surface area contributed by atoms with E-state index in [2.05, 4.69) is 10.2 Å². The Bertz CT molecular complexity index is 437. The Hall–Kier alpha value is -0.420. The molecule has 6 heteroatoms. The summed E-state index contributed by atoms with van der Waals surface area (Å²) in [6.07, 6.45) is 1.61. The number of benzene rings is 1. The first kappa shape index (κ1) is 17.6. The third kappa shape index (κ3) is 3.82. The zero-order valence-electron chi connectivity index (χ0n) is 11.5. The van der Waals surface area contributed by atoms with Crippen molar-refractivity contribution in [3.05, 3.63) is 34.4 Å². The molecule has 1 aromatic carbocycles. The number of nitrogens with zero attached hydrogens (tertiary/aromatic N) is 1. The first-order valence-electron chi connectivity index (χ1n) is 6.73. The summed E-state index contributed by atoms with van der Waals surface area (Å²) < 4.78 is 28.2. The van der Waals surface area contributed by atoms with Gasteiger partial charge in [-0.2, -0.15) is 0 Å². The molecule has 0 unspecified atom stereocenters. The molecule has 114 valence electrons. The summed E-state index contributed by atoms with van der Waals surface area (Å²) in [5, 5.41) is 3.24. The van der Waals surface area contributed by atoms with E-state index < -0.39 is 11.6 Å². The average molecular weight is 325 g/mol. The van der Waals surface area contributed by atoms with Gasteiger partial charge in [0.05, 0.1) is 5.02 Å². The highest BCUT2D eigenvalue weighted by atomic mass is 35.5. The SMILES string of the molecule is CCC[C@@H](c1c(F)ccc(Cl)c1F)N1CCNCC1.Cl. The second kappa shape index (κ2) is 8.13. The van der Waals surface area contributed by atoms with Crippen LogP contribution in [0, 0.1) is 11.6 Å². The van der Waals surface area contributed by atoms with Gasteiger partial charge in [0.1, 0.15) is 11.6 Å². The van der Waals surface area contributed by atoms with Crippen LogP contribution >= 0.6 is 24.0 Å². The summed E-state index contributed by atoms with van der Waals surface area (Å²) in [5.74, 6) is -1.11. The van der Waals surface area contributed by atoms with E-state index in [4.69, 9.17) is 11.6 Å². The molecule has 1 aliphatic rings. The van der Waals surface area contributed by atoms with Gasteiger partial charge < -0.3 is 5.32 Å². The van der Waals surface area contributed by atoms with Crippen LogP contribution in [0.25, 0.3) is 0 Å². The average Bonchev–Trinajstić information content (AvgIpc) is 2.43. The molecule has 1 saturated heterocycles. The summed E-state index contributed by atoms with van der Waals surface area (Å²) in [4.78, 5) is 2.14. The second-order valence-corrected chi connectivity index (χ2v) is 5.25. The van der Waals surface area contributed by atoms with Gasteiger partial charge in [-0.1, -0.05) is 24.9 Å². The van der Waals surface area contributed by atoms with Crippen molar-refractivity contribution in [2.75, 3.05) is 26.2 Å². The van der Waals surface area contributed by atoms with Crippen LogP contribution in [0.2, 0.25) is 5.02 Å². The predicted molar refractivity (Wildman–Crippen MR) is 80.7 cm³/mol. The van der Waals surface area contributed by atoms with E-state index in [1.807, 2.05) is 6.92 Å². The van der Waals surface area contributed by atoms with Gasteiger partial charge in [-0.3, -0.25) is 4.90 Å². The fourth-order valence-electron chi connectivity index (χ4n) is 2.62. The van der Waals surface area contributed by atoms with Crippen molar-refractivity contribution < 1.29 is 8.78 Å². The highest BCUT2D eigenvalue weighted by Gasteiger charge is 2.27. The maximum absolute atomic E-state index is 14.2. The van der Waals surface area contributed by atoms with E-state index in [1.165, 1.54) is 12.1 Å². The minimum absolute atomic E-state index is 0. The number of hydrogen-bond acceptors (Lipinski definition) is 2. The van der Waals surface area contributed by atoms with E-state index in [0.717, 1.165) is 39.0 Å². The molecule has 1 heterocycles. The summed E-state index contributed by atoms with van der Waals surface area (Å²) in [6.45, 7) is 5.33. The molecule has 0 bridgehead atoms. The fraction of sp³-hybridized carbons (Fsp3) is 0.571. The van der Waals surface area contributed by atoms with Crippen molar-refractivity contribution in [1.82, 2.24) is 10.2 Å². The molecular weight excluding hydrogens is 305 g/mol. The maximum atomic E-state index is 14.2. The zero-order chi connectivity index (χ0) is 13.8. The lowest BCUT2D eigenvalue weighted by atomic mass is 9.98. The lowest BCUT2D eigenvalue weighted by molar-refractivity contribution is 0.158. The van der Waals surface area contributed by atoms with Crippen LogP contribution < -0.4 is 5.32 Å². The minimum Gasteiger partial charge on any atom is -0.314 e. The molecule has 0 spiro atoms. The zero-order valence-corrected chi connectivity index (χ0v) is 13.0. The van der Waals surface area contributed by atoms with Crippen molar-refractivity contribution in [3.63, 3.8) is 0 Å². The predicted octanol–water partition coefficient (Wildman–Crippen LogP) is 3.79. The van der Waals surface area contributed by atoms with Crippen LogP contribution in [-0.4, -0.2) is 31.1 Å². The normalized spacial score (nSPS) is 17.6. The third-order valence-electron chi connectivity index (χ3n) is 3.57. The molecule has 0 amide bonds. The highest BCUT2D eigenvalue weighted by Crippen LogP contribution is 2.33. The smallest absolute Gasteiger partial charge is 0.149 e. The molecule has 0 saturated carbocycles. The largest absolute Gasteiger partial charge is 0.314 e. The fourth-order valence-corrected chi connectivity index (χ4v) is 2.79. The van der Waals surface area contributed by atoms with Crippen LogP contribution in [0.1, 0.15) is 31.4 Å². The number of halogens is 4. The van der Waals surface area contributed by atoms with Crippen LogP contribution in [0.3, 0.4) is 0 Å². The van der Waals surface area contributed by atoms with Crippen molar-refractivity contribution in [2.24, 2.45) is 0 Å². The molecule has 2 nitrogen and oxygen atoms in total. The second-order valence-electron chi connectivity index (χ2n) is 4.85. The van der Waals surface area contributed by atoms with Crippen LogP contribution in [0.5, 0.6) is 0 Å². The van der Waals surface area contributed by atoms with E-state index in [-0.39, 0.29) is 29.0 Å². The van der Waals surface area contributed by atoms with Crippen molar-refractivity contribution in [2.45, 2.75) is 25.8 Å². The first-order valence-corrected chi connectivity index (χ1v) is 7.11. The Balaban J connectivity index is 0.00000200. The summed E-state index contributed by atoms with van der Waals surface area (Å²) in [7, 11) is 0. The Kier molecular flexibility index (Phi) is 7.17. The molecule has 1 N–H and O–H groups in total.